The van der Waals surface area contributed by atoms with Gasteiger partial charge in [0, 0.05) is 32.9 Å². The van der Waals surface area contributed by atoms with Crippen LogP contribution < -0.4 is 10.0 Å². The summed E-state index contributed by atoms with van der Waals surface area (Å²) < 4.78 is 29.1. The van der Waals surface area contributed by atoms with Gasteiger partial charge in [-0.2, -0.15) is 0 Å². The molecule has 0 spiro atoms. The third kappa shape index (κ3) is 4.14. The largest absolute Gasteiger partial charge is 0.378 e. The third-order valence-electron chi connectivity index (χ3n) is 6.43. The zero-order chi connectivity index (χ0) is 23.3. The van der Waals surface area contributed by atoms with Gasteiger partial charge in [0.1, 0.15) is 0 Å². The number of halogens is 2. The molecular weight excluding hydrogens is 475 g/mol. The summed E-state index contributed by atoms with van der Waals surface area (Å²) >= 11 is 13.1. The molecule has 0 amide bonds. The van der Waals surface area contributed by atoms with Gasteiger partial charge in [0.15, 0.2) is 0 Å². The van der Waals surface area contributed by atoms with Gasteiger partial charge in [-0.05, 0) is 85.3 Å². The predicted molar refractivity (Wildman–Crippen MR) is 136 cm³/mol. The Labute approximate surface area is 204 Å². The van der Waals surface area contributed by atoms with Gasteiger partial charge in [-0.15, -0.1) is 0 Å². The summed E-state index contributed by atoms with van der Waals surface area (Å²) in [4.78, 5) is 0.246. The maximum Gasteiger partial charge on any atom is 0.261 e. The topological polar surface area (TPSA) is 58.2 Å². The number of allylic oxidation sites excluding steroid dienone is 2. The van der Waals surface area contributed by atoms with Crippen LogP contribution in [0.3, 0.4) is 0 Å². The fraction of sp³-hybridized carbons (Fsp3) is 0.231. The second-order valence-corrected chi connectivity index (χ2v) is 11.3. The maximum atomic E-state index is 13.2. The van der Waals surface area contributed by atoms with Crippen LogP contribution in [0.25, 0.3) is 0 Å². The third-order valence-corrected chi connectivity index (χ3v) is 8.47. The predicted octanol–water partition coefficient (Wildman–Crippen LogP) is 7.24. The van der Waals surface area contributed by atoms with E-state index in [2.05, 4.69) is 22.2 Å². The van der Waals surface area contributed by atoms with Crippen molar-refractivity contribution < 1.29 is 8.42 Å². The Morgan fingerprint density at radius 1 is 0.970 bits per heavy atom. The summed E-state index contributed by atoms with van der Waals surface area (Å²) in [6.45, 7) is 3.90. The molecule has 1 aliphatic heterocycles. The van der Waals surface area contributed by atoms with Crippen molar-refractivity contribution >= 4 is 44.6 Å². The molecule has 4 nitrogen and oxygen atoms in total. The number of sulfonamides is 1. The molecule has 33 heavy (non-hydrogen) atoms. The molecule has 1 aliphatic carbocycles. The van der Waals surface area contributed by atoms with Crippen LogP contribution in [0.4, 0.5) is 11.4 Å². The van der Waals surface area contributed by atoms with E-state index in [1.807, 2.05) is 56.3 Å². The van der Waals surface area contributed by atoms with Gasteiger partial charge >= 0.3 is 0 Å². The van der Waals surface area contributed by atoms with Crippen molar-refractivity contribution in [2.45, 2.75) is 37.1 Å². The number of aryl methyl sites for hydroxylation is 2. The van der Waals surface area contributed by atoms with Crippen molar-refractivity contribution in [3.05, 3.63) is 99.0 Å². The average molecular weight is 499 g/mol. The van der Waals surface area contributed by atoms with Gasteiger partial charge in [-0.3, -0.25) is 4.72 Å². The zero-order valence-corrected chi connectivity index (χ0v) is 20.6. The minimum absolute atomic E-state index is 0.0606. The Hall–Kier alpha value is -2.47. The molecule has 170 valence electrons. The minimum atomic E-state index is -3.73. The lowest BCUT2D eigenvalue weighted by molar-refractivity contribution is 0.425. The second kappa shape index (κ2) is 8.39. The summed E-state index contributed by atoms with van der Waals surface area (Å²) in [6, 6.07) is 16.4. The summed E-state index contributed by atoms with van der Waals surface area (Å²) in [6.07, 6.45) is 5.18. The van der Waals surface area contributed by atoms with Crippen LogP contribution in [0.15, 0.2) is 71.6 Å². The lowest BCUT2D eigenvalue weighted by atomic mass is 9.77. The van der Waals surface area contributed by atoms with Gasteiger partial charge in [-0.1, -0.05) is 47.5 Å². The molecular formula is C26H24Cl2N2O2S. The van der Waals surface area contributed by atoms with E-state index in [0.29, 0.717) is 15.7 Å². The van der Waals surface area contributed by atoms with Gasteiger partial charge in [0.25, 0.3) is 10.0 Å². The van der Waals surface area contributed by atoms with Crippen molar-refractivity contribution in [1.29, 1.82) is 0 Å². The van der Waals surface area contributed by atoms with Gasteiger partial charge in [0.05, 0.1) is 10.9 Å². The van der Waals surface area contributed by atoms with Crippen molar-refractivity contribution in [2.24, 2.45) is 5.92 Å². The molecule has 3 atom stereocenters. The van der Waals surface area contributed by atoms with E-state index >= 15 is 0 Å². The van der Waals surface area contributed by atoms with Crippen LogP contribution in [-0.2, 0) is 10.0 Å². The van der Waals surface area contributed by atoms with Crippen LogP contribution in [0.5, 0.6) is 0 Å². The Morgan fingerprint density at radius 3 is 2.36 bits per heavy atom. The molecule has 0 fully saturated rings. The SMILES string of the molecule is Cc1cc(C)cc(NS(=O)(=O)c2ccc3c(c2)[C@H]2C=CC[C@H]2[C@@H](c2c(Cl)cccc2Cl)N3)c1. The molecule has 1 heterocycles. The summed E-state index contributed by atoms with van der Waals surface area (Å²) in [5.41, 5.74) is 5.33. The van der Waals surface area contributed by atoms with Crippen LogP contribution in [0.1, 0.15) is 40.6 Å². The van der Waals surface area contributed by atoms with Gasteiger partial charge in [0.2, 0.25) is 0 Å². The lowest BCUT2D eigenvalue weighted by Crippen LogP contribution is -2.29. The Morgan fingerprint density at radius 2 is 1.67 bits per heavy atom. The highest BCUT2D eigenvalue weighted by Crippen LogP contribution is 2.52. The molecule has 3 aromatic rings. The van der Waals surface area contributed by atoms with E-state index in [1.165, 1.54) is 0 Å². The van der Waals surface area contributed by atoms with Gasteiger partial charge < -0.3 is 5.32 Å². The monoisotopic (exact) mass is 498 g/mol. The average Bonchev–Trinajstić information content (AvgIpc) is 3.22. The van der Waals surface area contributed by atoms with E-state index in [4.69, 9.17) is 23.2 Å². The fourth-order valence-corrected chi connectivity index (χ4v) is 6.79. The molecule has 5 rings (SSSR count). The summed E-state index contributed by atoms with van der Waals surface area (Å²) in [5, 5.41) is 4.85. The van der Waals surface area contributed by atoms with Crippen molar-refractivity contribution in [3.8, 4) is 0 Å². The number of benzene rings is 3. The molecule has 3 aromatic carbocycles. The van der Waals surface area contributed by atoms with E-state index in [1.54, 1.807) is 12.1 Å². The molecule has 0 saturated heterocycles. The standard InChI is InChI=1S/C26H24Cl2N2O2S/c1-15-11-16(2)13-17(12-15)30-33(31,32)18-9-10-24-21(14-18)19-5-3-6-20(19)26(29-24)25-22(27)7-4-8-23(25)28/h3-5,7-14,19-20,26,29-30H,6H2,1-2H3/t19-,20+,26-/m0/s1. The zero-order valence-electron chi connectivity index (χ0n) is 18.3. The first-order valence-electron chi connectivity index (χ1n) is 10.8. The Kier molecular flexibility index (Phi) is 5.68. The quantitative estimate of drug-likeness (QED) is 0.372. The number of nitrogens with one attached hydrogen (secondary N) is 2. The number of hydrogen-bond donors (Lipinski definition) is 2. The summed E-state index contributed by atoms with van der Waals surface area (Å²) in [7, 11) is -3.73. The molecule has 2 N–H and O–H groups in total. The van der Waals surface area contributed by atoms with Crippen LogP contribution in [0.2, 0.25) is 10.0 Å². The van der Waals surface area contributed by atoms with E-state index in [-0.39, 0.29) is 22.8 Å². The van der Waals surface area contributed by atoms with Crippen LogP contribution in [-0.4, -0.2) is 8.42 Å². The Balaban J connectivity index is 1.52. The number of anilines is 2. The highest BCUT2D eigenvalue weighted by atomic mass is 35.5. The summed E-state index contributed by atoms with van der Waals surface area (Å²) in [5.74, 6) is 0.273. The molecule has 0 radical (unpaired) electrons. The van der Waals surface area contributed by atoms with E-state index in [0.717, 1.165) is 34.4 Å². The van der Waals surface area contributed by atoms with Crippen LogP contribution in [0, 0.1) is 19.8 Å². The molecule has 2 aliphatic rings. The highest BCUT2D eigenvalue weighted by molar-refractivity contribution is 7.92. The smallest absolute Gasteiger partial charge is 0.261 e. The number of rotatable bonds is 4. The molecule has 0 unspecified atom stereocenters. The maximum absolute atomic E-state index is 13.2. The van der Waals surface area contributed by atoms with Crippen molar-refractivity contribution in [3.63, 3.8) is 0 Å². The van der Waals surface area contributed by atoms with Crippen molar-refractivity contribution in [2.75, 3.05) is 10.0 Å². The normalized spacial score (nSPS) is 21.3. The van der Waals surface area contributed by atoms with E-state index in [9.17, 15) is 8.42 Å². The second-order valence-electron chi connectivity index (χ2n) is 8.84. The van der Waals surface area contributed by atoms with Crippen molar-refractivity contribution in [1.82, 2.24) is 0 Å². The first-order valence-corrected chi connectivity index (χ1v) is 13.1. The first-order chi connectivity index (χ1) is 15.7. The molecule has 0 aromatic heterocycles. The van der Waals surface area contributed by atoms with Gasteiger partial charge in [-0.25, -0.2) is 8.42 Å². The van der Waals surface area contributed by atoms with Crippen LogP contribution >= 0.6 is 23.2 Å². The lowest BCUT2D eigenvalue weighted by Gasteiger charge is -2.38. The first kappa shape index (κ1) is 22.3. The Bertz CT molecular complexity index is 1340. The molecule has 0 saturated carbocycles. The van der Waals surface area contributed by atoms with E-state index < -0.39 is 10.0 Å². The number of hydrogen-bond acceptors (Lipinski definition) is 3. The fourth-order valence-electron chi connectivity index (χ4n) is 5.08. The minimum Gasteiger partial charge on any atom is -0.378 e. The molecule has 0 bridgehead atoms. The number of fused-ring (bicyclic) bond motifs is 3. The molecule has 7 heteroatoms. The highest BCUT2D eigenvalue weighted by Gasteiger charge is 2.40.